The first-order valence-electron chi connectivity index (χ1n) is 6.14. The Morgan fingerprint density at radius 2 is 2.20 bits per heavy atom. The number of aryl methyl sites for hydroxylation is 1. The van der Waals surface area contributed by atoms with Crippen LogP contribution < -0.4 is 5.32 Å². The second-order valence-electron chi connectivity index (χ2n) is 4.06. The van der Waals surface area contributed by atoms with Gasteiger partial charge in [-0.05, 0) is 18.6 Å². The predicted octanol–water partition coefficient (Wildman–Crippen LogP) is 2.44. The van der Waals surface area contributed by atoms with Gasteiger partial charge in [-0.15, -0.1) is 22.7 Å². The number of hydrogen-bond donors (Lipinski definition) is 2. The van der Waals surface area contributed by atoms with Crippen LogP contribution in [-0.4, -0.2) is 28.5 Å². The molecule has 0 atom stereocenters. The molecule has 0 radical (unpaired) electrons. The highest BCUT2D eigenvalue weighted by Crippen LogP contribution is 2.16. The quantitative estimate of drug-likeness (QED) is 0.859. The van der Waals surface area contributed by atoms with Crippen molar-refractivity contribution in [3.8, 4) is 0 Å². The molecule has 2 aromatic rings. The van der Waals surface area contributed by atoms with Crippen LogP contribution in [0.15, 0.2) is 17.5 Å². The molecule has 0 aromatic carbocycles. The smallest absolute Gasteiger partial charge is 0.355 e. The fraction of sp³-hybridized carbons (Fsp3) is 0.308. The van der Waals surface area contributed by atoms with E-state index in [9.17, 15) is 9.59 Å². The fourth-order valence-electron chi connectivity index (χ4n) is 1.58. The van der Waals surface area contributed by atoms with Crippen LogP contribution in [0.3, 0.4) is 0 Å². The lowest BCUT2D eigenvalue weighted by Crippen LogP contribution is -2.24. The van der Waals surface area contributed by atoms with Crippen LogP contribution in [0.1, 0.15) is 37.0 Å². The van der Waals surface area contributed by atoms with E-state index in [0.29, 0.717) is 22.9 Å². The first-order chi connectivity index (χ1) is 9.60. The summed E-state index contributed by atoms with van der Waals surface area (Å²) in [6, 6.07) is 3.78. The van der Waals surface area contributed by atoms with Crippen LogP contribution in [0, 0.1) is 0 Å². The van der Waals surface area contributed by atoms with E-state index in [-0.39, 0.29) is 11.6 Å². The van der Waals surface area contributed by atoms with Gasteiger partial charge in [-0.1, -0.05) is 6.92 Å². The van der Waals surface area contributed by atoms with Gasteiger partial charge < -0.3 is 10.4 Å². The molecule has 2 aromatic heterocycles. The van der Waals surface area contributed by atoms with Gasteiger partial charge in [0.15, 0.2) is 5.69 Å². The number of carbonyl (C=O) groups is 2. The van der Waals surface area contributed by atoms with Gasteiger partial charge in [0.05, 0.1) is 9.88 Å². The van der Waals surface area contributed by atoms with Gasteiger partial charge >= 0.3 is 5.97 Å². The highest BCUT2D eigenvalue weighted by Gasteiger charge is 2.10. The maximum absolute atomic E-state index is 11.9. The molecule has 106 valence electrons. The Morgan fingerprint density at radius 1 is 1.40 bits per heavy atom. The second-order valence-corrected chi connectivity index (χ2v) is 6.17. The van der Waals surface area contributed by atoms with Crippen molar-refractivity contribution in [2.45, 2.75) is 19.8 Å². The van der Waals surface area contributed by atoms with Gasteiger partial charge in [-0.25, -0.2) is 9.78 Å². The van der Waals surface area contributed by atoms with Gasteiger partial charge in [0.1, 0.15) is 0 Å². The summed E-state index contributed by atoms with van der Waals surface area (Å²) < 4.78 is 0. The lowest BCUT2D eigenvalue weighted by Gasteiger charge is -2.01. The third-order valence-corrected chi connectivity index (χ3v) is 4.77. The third-order valence-electron chi connectivity index (χ3n) is 2.63. The van der Waals surface area contributed by atoms with Crippen molar-refractivity contribution in [3.63, 3.8) is 0 Å². The molecule has 0 aliphatic heterocycles. The number of aromatic nitrogens is 1. The molecule has 7 heteroatoms. The van der Waals surface area contributed by atoms with Gasteiger partial charge in [-0.3, -0.25) is 4.79 Å². The molecule has 2 N–H and O–H groups in total. The number of rotatable bonds is 6. The average Bonchev–Trinajstić information content (AvgIpc) is 3.07. The molecule has 0 bridgehead atoms. The number of amides is 1. The number of thiophene rings is 1. The zero-order valence-electron chi connectivity index (χ0n) is 10.9. The van der Waals surface area contributed by atoms with Crippen LogP contribution in [0.2, 0.25) is 0 Å². The van der Waals surface area contributed by atoms with E-state index in [1.54, 1.807) is 0 Å². The van der Waals surface area contributed by atoms with Crippen molar-refractivity contribution in [3.05, 3.63) is 38.0 Å². The van der Waals surface area contributed by atoms with Gasteiger partial charge in [0, 0.05) is 23.2 Å². The Bertz CT molecular complexity index is 619. The highest BCUT2D eigenvalue weighted by molar-refractivity contribution is 7.14. The summed E-state index contributed by atoms with van der Waals surface area (Å²) in [5.41, 5.74) is 0.0576. The SMILES string of the molecule is CCc1ccc(C(=O)NCCc2nc(C(=O)O)cs2)s1. The number of thiazole rings is 1. The van der Waals surface area contributed by atoms with Gasteiger partial charge in [0.25, 0.3) is 5.91 Å². The highest BCUT2D eigenvalue weighted by atomic mass is 32.1. The minimum atomic E-state index is -1.03. The van der Waals surface area contributed by atoms with E-state index in [1.165, 1.54) is 32.9 Å². The Kier molecular flexibility index (Phi) is 4.86. The third kappa shape index (κ3) is 3.64. The summed E-state index contributed by atoms with van der Waals surface area (Å²) in [7, 11) is 0. The number of nitrogens with zero attached hydrogens (tertiary/aromatic N) is 1. The number of hydrogen-bond acceptors (Lipinski definition) is 5. The van der Waals surface area contributed by atoms with Crippen molar-refractivity contribution >= 4 is 34.6 Å². The minimum Gasteiger partial charge on any atom is -0.476 e. The zero-order valence-corrected chi connectivity index (χ0v) is 12.5. The van der Waals surface area contributed by atoms with Crippen LogP contribution in [0.25, 0.3) is 0 Å². The van der Waals surface area contributed by atoms with Crippen molar-refractivity contribution in [2.24, 2.45) is 0 Å². The minimum absolute atomic E-state index is 0.0576. The second kappa shape index (κ2) is 6.62. The molecular weight excluding hydrogens is 296 g/mol. The molecule has 0 aliphatic rings. The number of nitrogens with one attached hydrogen (secondary N) is 1. The normalized spacial score (nSPS) is 10.4. The maximum Gasteiger partial charge on any atom is 0.355 e. The average molecular weight is 310 g/mol. The molecule has 0 aliphatic carbocycles. The van der Waals surface area contributed by atoms with Crippen molar-refractivity contribution in [2.75, 3.05) is 6.54 Å². The molecular formula is C13H14N2O3S2. The van der Waals surface area contributed by atoms with Crippen molar-refractivity contribution in [1.82, 2.24) is 10.3 Å². The molecule has 0 fully saturated rings. The summed E-state index contributed by atoms with van der Waals surface area (Å²) in [4.78, 5) is 28.4. The Balaban J connectivity index is 1.82. The summed E-state index contributed by atoms with van der Waals surface area (Å²) in [6.07, 6.45) is 1.46. The molecule has 20 heavy (non-hydrogen) atoms. The Morgan fingerprint density at radius 3 is 2.80 bits per heavy atom. The fourth-order valence-corrected chi connectivity index (χ4v) is 3.22. The van der Waals surface area contributed by atoms with E-state index in [0.717, 1.165) is 6.42 Å². The van der Waals surface area contributed by atoms with Gasteiger partial charge in [-0.2, -0.15) is 0 Å². The number of aromatic carboxylic acids is 1. The monoisotopic (exact) mass is 310 g/mol. The first-order valence-corrected chi connectivity index (χ1v) is 7.84. The molecule has 1 amide bonds. The lowest BCUT2D eigenvalue weighted by molar-refractivity contribution is 0.0690. The van der Waals surface area contributed by atoms with E-state index in [4.69, 9.17) is 5.11 Å². The van der Waals surface area contributed by atoms with Crippen molar-refractivity contribution < 1.29 is 14.7 Å². The summed E-state index contributed by atoms with van der Waals surface area (Å²) in [5.74, 6) is -1.12. The molecule has 2 rings (SSSR count). The van der Waals surface area contributed by atoms with E-state index in [2.05, 4.69) is 17.2 Å². The topological polar surface area (TPSA) is 79.3 Å². The molecule has 0 saturated heterocycles. The number of carbonyl (C=O) groups excluding carboxylic acids is 1. The largest absolute Gasteiger partial charge is 0.476 e. The van der Waals surface area contributed by atoms with E-state index >= 15 is 0 Å². The maximum atomic E-state index is 11.9. The standard InChI is InChI=1S/C13H14N2O3S2/c1-2-8-3-4-10(20-8)12(16)14-6-5-11-15-9(7-19-11)13(17)18/h3-4,7H,2,5-6H2,1H3,(H,14,16)(H,17,18). The van der Waals surface area contributed by atoms with Gasteiger partial charge in [0.2, 0.25) is 0 Å². The van der Waals surface area contributed by atoms with Crippen LogP contribution in [0.5, 0.6) is 0 Å². The molecule has 2 heterocycles. The molecule has 0 unspecified atom stereocenters. The molecule has 5 nitrogen and oxygen atoms in total. The number of carboxylic acid groups (broad SMARTS) is 1. The summed E-state index contributed by atoms with van der Waals surface area (Å²) in [5, 5.41) is 13.8. The van der Waals surface area contributed by atoms with Crippen LogP contribution in [0.4, 0.5) is 0 Å². The molecule has 0 spiro atoms. The predicted molar refractivity (Wildman–Crippen MR) is 78.8 cm³/mol. The van der Waals surface area contributed by atoms with E-state index < -0.39 is 5.97 Å². The Labute approximate surface area is 124 Å². The summed E-state index contributed by atoms with van der Waals surface area (Å²) in [6.45, 7) is 2.50. The first kappa shape index (κ1) is 14.7. The van der Waals surface area contributed by atoms with Crippen LogP contribution in [-0.2, 0) is 12.8 Å². The Hall–Kier alpha value is -1.73. The zero-order chi connectivity index (χ0) is 14.5. The summed E-state index contributed by atoms with van der Waals surface area (Å²) >= 11 is 2.78. The molecule has 0 saturated carbocycles. The van der Waals surface area contributed by atoms with Crippen molar-refractivity contribution in [1.29, 1.82) is 0 Å². The lowest BCUT2D eigenvalue weighted by atomic mass is 10.3. The van der Waals surface area contributed by atoms with Crippen LogP contribution >= 0.6 is 22.7 Å². The number of carboxylic acids is 1. The van der Waals surface area contributed by atoms with E-state index in [1.807, 2.05) is 12.1 Å².